The molecule has 1 N–H and O–H groups in total. The maximum Gasteiger partial charge on any atom is 0.323 e. The van der Waals surface area contributed by atoms with Crippen LogP contribution in [0.15, 0.2) is 18.2 Å². The topological polar surface area (TPSA) is 47.6 Å². The van der Waals surface area contributed by atoms with Crippen LogP contribution in [0, 0.1) is 13.8 Å². The van der Waals surface area contributed by atoms with E-state index in [9.17, 15) is 4.79 Å². The molecule has 1 aliphatic heterocycles. The summed E-state index contributed by atoms with van der Waals surface area (Å²) in [4.78, 5) is 11.4. The first kappa shape index (κ1) is 12.9. The Bertz CT molecular complexity index is 424. The third-order valence-corrected chi connectivity index (χ3v) is 3.07. The van der Waals surface area contributed by atoms with Gasteiger partial charge in [0.25, 0.3) is 0 Å². The van der Waals surface area contributed by atoms with Gasteiger partial charge in [0.15, 0.2) is 0 Å². The van der Waals surface area contributed by atoms with Crippen molar-refractivity contribution >= 4 is 5.97 Å². The summed E-state index contributed by atoms with van der Waals surface area (Å²) in [6.45, 7) is 4.76. The van der Waals surface area contributed by atoms with Gasteiger partial charge in [0, 0.05) is 13.0 Å². The molecule has 0 amide bonds. The molecule has 1 unspecified atom stereocenters. The van der Waals surface area contributed by atoms with Crippen LogP contribution in [-0.2, 0) is 9.53 Å². The number of ether oxygens (including phenoxy) is 2. The number of benzene rings is 1. The molecule has 1 saturated heterocycles. The van der Waals surface area contributed by atoms with Crippen molar-refractivity contribution in [1.82, 2.24) is 5.32 Å². The number of carbonyl (C=O) groups is 1. The van der Waals surface area contributed by atoms with E-state index in [1.54, 1.807) is 0 Å². The van der Waals surface area contributed by atoms with E-state index in [1.807, 2.05) is 26.0 Å². The minimum Gasteiger partial charge on any atom is -0.489 e. The fourth-order valence-corrected chi connectivity index (χ4v) is 2.31. The van der Waals surface area contributed by atoms with Crippen LogP contribution in [0.2, 0.25) is 0 Å². The minimum atomic E-state index is -0.245. The highest BCUT2D eigenvalue weighted by Crippen LogP contribution is 2.20. The van der Waals surface area contributed by atoms with Crippen molar-refractivity contribution in [2.45, 2.75) is 32.4 Å². The highest BCUT2D eigenvalue weighted by Gasteiger charge is 2.31. The van der Waals surface area contributed by atoms with Crippen LogP contribution >= 0.6 is 0 Å². The van der Waals surface area contributed by atoms with Gasteiger partial charge in [-0.3, -0.25) is 4.79 Å². The van der Waals surface area contributed by atoms with Crippen molar-refractivity contribution in [2.24, 2.45) is 0 Å². The first-order valence-electron chi connectivity index (χ1n) is 6.14. The van der Waals surface area contributed by atoms with Gasteiger partial charge in [-0.15, -0.1) is 0 Å². The molecule has 0 aromatic heterocycles. The summed E-state index contributed by atoms with van der Waals surface area (Å²) in [7, 11) is 1.40. The normalized spacial score (nSPS) is 22.8. The lowest BCUT2D eigenvalue weighted by Gasteiger charge is -2.14. The summed E-state index contributed by atoms with van der Waals surface area (Å²) < 4.78 is 10.6. The fraction of sp³-hybridized carbons (Fsp3) is 0.500. The summed E-state index contributed by atoms with van der Waals surface area (Å²) in [6, 6.07) is 5.89. The van der Waals surface area contributed by atoms with Crippen LogP contribution in [0.3, 0.4) is 0 Å². The molecule has 4 heteroatoms. The summed E-state index contributed by atoms with van der Waals surface area (Å²) in [5.41, 5.74) is 2.36. The Kier molecular flexibility index (Phi) is 3.87. The summed E-state index contributed by atoms with van der Waals surface area (Å²) in [5, 5.41) is 3.11. The molecular formula is C14H19NO3. The second-order valence-electron chi connectivity index (χ2n) is 4.78. The van der Waals surface area contributed by atoms with Crippen LogP contribution in [-0.4, -0.2) is 31.8 Å². The van der Waals surface area contributed by atoms with Gasteiger partial charge in [0.2, 0.25) is 0 Å². The van der Waals surface area contributed by atoms with Crippen molar-refractivity contribution in [3.63, 3.8) is 0 Å². The van der Waals surface area contributed by atoms with E-state index in [2.05, 4.69) is 11.4 Å². The largest absolute Gasteiger partial charge is 0.489 e. The summed E-state index contributed by atoms with van der Waals surface area (Å²) in [6.07, 6.45) is 0.676. The maximum absolute atomic E-state index is 11.4. The Hall–Kier alpha value is -1.55. The molecule has 0 spiro atoms. The number of methoxy groups -OCH3 is 1. The van der Waals surface area contributed by atoms with Crippen LogP contribution < -0.4 is 10.1 Å². The highest BCUT2D eigenvalue weighted by atomic mass is 16.5. The number of nitrogens with one attached hydrogen (secondary N) is 1. The molecule has 18 heavy (non-hydrogen) atoms. The van der Waals surface area contributed by atoms with Gasteiger partial charge in [0.05, 0.1) is 7.11 Å². The first-order chi connectivity index (χ1) is 8.58. The first-order valence-corrected chi connectivity index (χ1v) is 6.14. The van der Waals surface area contributed by atoms with Gasteiger partial charge in [0.1, 0.15) is 17.9 Å². The number of rotatable bonds is 3. The van der Waals surface area contributed by atoms with E-state index in [0.717, 1.165) is 5.75 Å². The molecular weight excluding hydrogens is 230 g/mol. The molecule has 1 heterocycles. The van der Waals surface area contributed by atoms with Crippen molar-refractivity contribution in [3.05, 3.63) is 29.3 Å². The van der Waals surface area contributed by atoms with Gasteiger partial charge in [-0.2, -0.15) is 0 Å². The standard InChI is InChI=1S/C14H19NO3/c1-9-4-10(2)6-11(5-9)18-12-7-13(15-8-12)14(16)17-3/h4-6,12-13,15H,7-8H2,1-3H3/t12?,13-/m0/s1. The van der Waals surface area contributed by atoms with E-state index < -0.39 is 0 Å². The second kappa shape index (κ2) is 5.40. The predicted molar refractivity (Wildman–Crippen MR) is 68.8 cm³/mol. The number of hydrogen-bond donors (Lipinski definition) is 1. The van der Waals surface area contributed by atoms with Crippen molar-refractivity contribution in [2.75, 3.05) is 13.7 Å². The Morgan fingerprint density at radius 3 is 2.56 bits per heavy atom. The van der Waals surface area contributed by atoms with Gasteiger partial charge in [-0.1, -0.05) is 6.07 Å². The molecule has 1 aliphatic rings. The molecule has 1 aromatic carbocycles. The van der Waals surface area contributed by atoms with Gasteiger partial charge >= 0.3 is 5.97 Å². The molecule has 2 rings (SSSR count). The fourth-order valence-electron chi connectivity index (χ4n) is 2.31. The Balaban J connectivity index is 1.97. The van der Waals surface area contributed by atoms with E-state index in [0.29, 0.717) is 13.0 Å². The van der Waals surface area contributed by atoms with Crippen LogP contribution in [0.5, 0.6) is 5.75 Å². The lowest BCUT2D eigenvalue weighted by atomic mass is 10.1. The van der Waals surface area contributed by atoms with Crippen molar-refractivity contribution in [1.29, 1.82) is 0 Å². The zero-order valence-electron chi connectivity index (χ0n) is 11.0. The van der Waals surface area contributed by atoms with Crippen molar-refractivity contribution in [3.8, 4) is 5.75 Å². The van der Waals surface area contributed by atoms with E-state index >= 15 is 0 Å². The lowest BCUT2D eigenvalue weighted by Crippen LogP contribution is -2.31. The van der Waals surface area contributed by atoms with Crippen LogP contribution in [0.4, 0.5) is 0 Å². The lowest BCUT2D eigenvalue weighted by molar-refractivity contribution is -0.142. The molecule has 0 saturated carbocycles. The van der Waals surface area contributed by atoms with E-state index in [1.165, 1.54) is 18.2 Å². The number of esters is 1. The van der Waals surface area contributed by atoms with Crippen LogP contribution in [0.25, 0.3) is 0 Å². The van der Waals surface area contributed by atoms with Gasteiger partial charge in [-0.25, -0.2) is 0 Å². The maximum atomic E-state index is 11.4. The monoisotopic (exact) mass is 249 g/mol. The Labute approximate surface area is 107 Å². The highest BCUT2D eigenvalue weighted by molar-refractivity contribution is 5.76. The summed E-state index contributed by atoms with van der Waals surface area (Å²) >= 11 is 0. The zero-order valence-corrected chi connectivity index (χ0v) is 11.0. The molecule has 0 radical (unpaired) electrons. The summed E-state index contributed by atoms with van der Waals surface area (Å²) in [5.74, 6) is 0.645. The molecule has 1 aromatic rings. The number of carbonyl (C=O) groups excluding carboxylic acids is 1. The SMILES string of the molecule is COC(=O)[C@@H]1CC(Oc2cc(C)cc(C)c2)CN1. The van der Waals surface area contributed by atoms with E-state index in [-0.39, 0.29) is 18.1 Å². The quantitative estimate of drug-likeness (QED) is 0.826. The smallest absolute Gasteiger partial charge is 0.323 e. The average Bonchev–Trinajstić information content (AvgIpc) is 2.75. The van der Waals surface area contributed by atoms with Crippen LogP contribution in [0.1, 0.15) is 17.5 Å². The second-order valence-corrected chi connectivity index (χ2v) is 4.78. The third kappa shape index (κ3) is 3.01. The number of aryl methyl sites for hydroxylation is 2. The van der Waals surface area contributed by atoms with E-state index in [4.69, 9.17) is 9.47 Å². The average molecular weight is 249 g/mol. The van der Waals surface area contributed by atoms with Gasteiger partial charge < -0.3 is 14.8 Å². The Morgan fingerprint density at radius 2 is 1.94 bits per heavy atom. The van der Waals surface area contributed by atoms with Gasteiger partial charge in [-0.05, 0) is 37.1 Å². The predicted octanol–water partition coefficient (Wildman–Crippen LogP) is 1.59. The zero-order chi connectivity index (χ0) is 13.1. The Morgan fingerprint density at radius 1 is 1.28 bits per heavy atom. The molecule has 4 nitrogen and oxygen atoms in total. The number of hydrogen-bond acceptors (Lipinski definition) is 4. The molecule has 1 fully saturated rings. The molecule has 0 aliphatic carbocycles. The molecule has 0 bridgehead atoms. The molecule has 98 valence electrons. The third-order valence-electron chi connectivity index (χ3n) is 3.07. The molecule has 2 atom stereocenters. The minimum absolute atomic E-state index is 0.0234. The van der Waals surface area contributed by atoms with Crippen molar-refractivity contribution < 1.29 is 14.3 Å².